The first-order valence-corrected chi connectivity index (χ1v) is 8.11. The summed E-state index contributed by atoms with van der Waals surface area (Å²) in [7, 11) is 0. The second-order valence-corrected chi connectivity index (χ2v) is 6.11. The van der Waals surface area contributed by atoms with E-state index >= 15 is 0 Å². The van der Waals surface area contributed by atoms with Gasteiger partial charge in [0.2, 0.25) is 0 Å². The molecule has 24 heavy (non-hydrogen) atoms. The molecule has 0 aliphatic heterocycles. The van der Waals surface area contributed by atoms with E-state index in [-0.39, 0.29) is 17.6 Å². The highest BCUT2D eigenvalue weighted by atomic mass is 35.5. The van der Waals surface area contributed by atoms with Crippen molar-refractivity contribution in [3.8, 4) is 5.75 Å². The van der Waals surface area contributed by atoms with Gasteiger partial charge >= 0.3 is 0 Å². The van der Waals surface area contributed by atoms with Gasteiger partial charge in [-0.3, -0.25) is 15.6 Å². The van der Waals surface area contributed by atoms with Gasteiger partial charge in [-0.1, -0.05) is 23.2 Å². The van der Waals surface area contributed by atoms with Crippen LogP contribution in [0.25, 0.3) is 0 Å². The first-order chi connectivity index (χ1) is 11.4. The molecule has 2 rings (SSSR count). The van der Waals surface area contributed by atoms with Crippen molar-refractivity contribution in [2.45, 2.75) is 6.92 Å². The number of carbonyl (C=O) groups is 1. The third kappa shape index (κ3) is 5.88. The first-order valence-electron chi connectivity index (χ1n) is 6.94. The second-order valence-electron chi connectivity index (χ2n) is 4.83. The Morgan fingerprint density at radius 3 is 2.42 bits per heavy atom. The first kappa shape index (κ1) is 18.3. The van der Waals surface area contributed by atoms with Crippen LogP contribution >= 0.6 is 35.4 Å². The molecule has 5 nitrogen and oxygen atoms in total. The average molecular weight is 384 g/mol. The lowest BCUT2D eigenvalue weighted by Gasteiger charge is -2.13. The molecule has 0 aromatic heterocycles. The lowest BCUT2D eigenvalue weighted by molar-refractivity contribution is -0.123. The maximum absolute atomic E-state index is 11.8. The van der Waals surface area contributed by atoms with Gasteiger partial charge in [0.15, 0.2) is 11.7 Å². The van der Waals surface area contributed by atoms with E-state index in [1.807, 2.05) is 6.92 Å². The van der Waals surface area contributed by atoms with Crippen molar-refractivity contribution >= 4 is 52.1 Å². The predicted molar refractivity (Wildman–Crippen MR) is 101 cm³/mol. The summed E-state index contributed by atoms with van der Waals surface area (Å²) in [5.74, 6) is 0.223. The Hall–Kier alpha value is -2.02. The molecule has 0 atom stereocenters. The number of thiocarbonyl (C=S) groups is 1. The number of amides is 1. The van der Waals surface area contributed by atoms with Crippen LogP contribution in [0.2, 0.25) is 10.0 Å². The normalized spacial score (nSPS) is 9.96. The summed E-state index contributed by atoms with van der Waals surface area (Å²) in [4.78, 5) is 11.8. The number of aryl methyl sites for hydroxylation is 1. The van der Waals surface area contributed by atoms with Gasteiger partial charge in [-0.2, -0.15) is 0 Å². The van der Waals surface area contributed by atoms with Crippen LogP contribution in [0.3, 0.4) is 0 Å². The quantitative estimate of drug-likeness (QED) is 0.554. The third-order valence-corrected chi connectivity index (χ3v) is 3.60. The highest BCUT2D eigenvalue weighted by molar-refractivity contribution is 7.80. The molecular formula is C16H15Cl2N3O2S. The fourth-order valence-corrected chi connectivity index (χ4v) is 2.30. The molecule has 0 fully saturated rings. The monoisotopic (exact) mass is 383 g/mol. The molecule has 0 saturated carbocycles. The summed E-state index contributed by atoms with van der Waals surface area (Å²) in [5.41, 5.74) is 6.64. The molecule has 8 heteroatoms. The van der Waals surface area contributed by atoms with Crippen molar-refractivity contribution in [1.29, 1.82) is 0 Å². The summed E-state index contributed by atoms with van der Waals surface area (Å²) in [6, 6.07) is 12.2. The minimum Gasteiger partial charge on any atom is -0.483 e. The Kier molecular flexibility index (Phi) is 6.66. The van der Waals surface area contributed by atoms with Crippen molar-refractivity contribution in [3.05, 3.63) is 58.1 Å². The molecule has 0 spiro atoms. The zero-order valence-corrected chi connectivity index (χ0v) is 15.1. The van der Waals surface area contributed by atoms with Crippen LogP contribution in [0, 0.1) is 6.92 Å². The predicted octanol–water partition coefficient (Wildman–Crippen LogP) is 3.70. The maximum Gasteiger partial charge on any atom is 0.276 e. The number of hydrogen-bond acceptors (Lipinski definition) is 3. The fourth-order valence-electron chi connectivity index (χ4n) is 1.78. The van der Waals surface area contributed by atoms with Gasteiger partial charge in [0.1, 0.15) is 5.75 Å². The van der Waals surface area contributed by atoms with Crippen LogP contribution < -0.4 is 20.9 Å². The second kappa shape index (κ2) is 8.73. The topological polar surface area (TPSA) is 62.4 Å². The number of rotatable bonds is 4. The van der Waals surface area contributed by atoms with Crippen molar-refractivity contribution in [3.63, 3.8) is 0 Å². The minimum absolute atomic E-state index is 0.154. The van der Waals surface area contributed by atoms with E-state index in [1.54, 1.807) is 42.5 Å². The minimum atomic E-state index is -0.371. The van der Waals surface area contributed by atoms with Gasteiger partial charge in [-0.15, -0.1) is 0 Å². The Bertz CT molecular complexity index is 739. The highest BCUT2D eigenvalue weighted by Crippen LogP contribution is 2.21. The molecule has 0 radical (unpaired) electrons. The summed E-state index contributed by atoms with van der Waals surface area (Å²) in [6.45, 7) is 1.70. The number of hydrazine groups is 1. The number of halogens is 2. The molecule has 0 saturated heterocycles. The number of benzene rings is 2. The van der Waals surface area contributed by atoms with E-state index in [1.165, 1.54) is 0 Å². The van der Waals surface area contributed by atoms with E-state index in [9.17, 15) is 4.79 Å². The van der Waals surface area contributed by atoms with Gasteiger partial charge in [0.25, 0.3) is 5.91 Å². The van der Waals surface area contributed by atoms with Crippen LogP contribution in [0.5, 0.6) is 5.75 Å². The molecule has 3 N–H and O–H groups in total. The van der Waals surface area contributed by atoms with E-state index in [2.05, 4.69) is 16.2 Å². The Balaban J connectivity index is 1.74. The van der Waals surface area contributed by atoms with Crippen molar-refractivity contribution in [1.82, 2.24) is 10.9 Å². The number of carbonyl (C=O) groups excluding carboxylic acids is 1. The zero-order chi connectivity index (χ0) is 17.5. The fraction of sp³-hybridized carbons (Fsp3) is 0.125. The smallest absolute Gasteiger partial charge is 0.276 e. The molecule has 2 aromatic rings. The maximum atomic E-state index is 11.8. The molecule has 0 aliphatic rings. The number of nitrogens with one attached hydrogen (secondary N) is 3. The van der Waals surface area contributed by atoms with Gasteiger partial charge < -0.3 is 10.1 Å². The van der Waals surface area contributed by atoms with Crippen LogP contribution in [0.15, 0.2) is 42.5 Å². The molecular weight excluding hydrogens is 369 g/mol. The van der Waals surface area contributed by atoms with Gasteiger partial charge in [0, 0.05) is 15.7 Å². The lowest BCUT2D eigenvalue weighted by atomic mass is 10.2. The Morgan fingerprint density at radius 2 is 1.75 bits per heavy atom. The highest BCUT2D eigenvalue weighted by Gasteiger charge is 2.06. The Morgan fingerprint density at radius 1 is 1.08 bits per heavy atom. The number of anilines is 1. The lowest BCUT2D eigenvalue weighted by Crippen LogP contribution is -2.45. The number of hydrogen-bond donors (Lipinski definition) is 3. The van der Waals surface area contributed by atoms with E-state index in [0.29, 0.717) is 15.8 Å². The van der Waals surface area contributed by atoms with Crippen LogP contribution in [0.1, 0.15) is 5.56 Å². The largest absolute Gasteiger partial charge is 0.483 e. The van der Waals surface area contributed by atoms with E-state index in [0.717, 1.165) is 11.3 Å². The molecule has 0 unspecified atom stereocenters. The summed E-state index contributed by atoms with van der Waals surface area (Å²) in [5, 5.41) is 4.39. The van der Waals surface area contributed by atoms with Crippen LogP contribution in [-0.4, -0.2) is 17.6 Å². The summed E-state index contributed by atoms with van der Waals surface area (Å²) < 4.78 is 5.43. The average Bonchev–Trinajstić information content (AvgIpc) is 2.54. The van der Waals surface area contributed by atoms with Crippen molar-refractivity contribution < 1.29 is 9.53 Å². The van der Waals surface area contributed by atoms with Gasteiger partial charge in [-0.25, -0.2) is 0 Å². The van der Waals surface area contributed by atoms with Crippen LogP contribution in [0.4, 0.5) is 5.69 Å². The SMILES string of the molecule is Cc1cc(Cl)ccc1OCC(=O)NNC(=S)Nc1ccc(Cl)cc1. The molecule has 2 aromatic carbocycles. The molecule has 0 bridgehead atoms. The van der Waals surface area contributed by atoms with E-state index in [4.69, 9.17) is 40.2 Å². The van der Waals surface area contributed by atoms with Gasteiger partial charge in [-0.05, 0) is 67.2 Å². The zero-order valence-electron chi connectivity index (χ0n) is 12.7. The third-order valence-electron chi connectivity index (χ3n) is 2.91. The number of ether oxygens (including phenoxy) is 1. The van der Waals surface area contributed by atoms with Crippen molar-refractivity contribution in [2.24, 2.45) is 0 Å². The Labute approximate surface area is 155 Å². The molecule has 1 amide bonds. The molecule has 126 valence electrons. The van der Waals surface area contributed by atoms with Crippen LogP contribution in [-0.2, 0) is 4.79 Å². The standard InChI is InChI=1S/C16H15Cl2N3O2S/c1-10-8-12(18)4-7-14(10)23-9-15(22)20-21-16(24)19-13-5-2-11(17)3-6-13/h2-8H,9H2,1H3,(H,20,22)(H2,19,21,24). The van der Waals surface area contributed by atoms with Gasteiger partial charge in [0.05, 0.1) is 0 Å². The summed E-state index contributed by atoms with van der Waals surface area (Å²) >= 11 is 16.7. The molecule has 0 heterocycles. The van der Waals surface area contributed by atoms with E-state index < -0.39 is 0 Å². The molecule has 0 aliphatic carbocycles. The van der Waals surface area contributed by atoms with Crippen molar-refractivity contribution in [2.75, 3.05) is 11.9 Å². The summed E-state index contributed by atoms with van der Waals surface area (Å²) in [6.07, 6.45) is 0.